The molecule has 0 heterocycles. The molecule has 1 saturated carbocycles. The van der Waals surface area contributed by atoms with E-state index < -0.39 is 6.04 Å². The van der Waals surface area contributed by atoms with Gasteiger partial charge in [-0.1, -0.05) is 38.3 Å². The molecule has 0 radical (unpaired) electrons. The van der Waals surface area contributed by atoms with Crippen LogP contribution in [0.1, 0.15) is 51.0 Å². The lowest BCUT2D eigenvalue weighted by Gasteiger charge is -2.32. The highest BCUT2D eigenvalue weighted by molar-refractivity contribution is 5.88. The molecule has 1 aliphatic rings. The Balaban J connectivity index is 1.73. The van der Waals surface area contributed by atoms with Gasteiger partial charge in [-0.15, -0.1) is 0 Å². The molecule has 2 aromatic carbocycles. The van der Waals surface area contributed by atoms with E-state index in [1.165, 1.54) is 23.5 Å². The van der Waals surface area contributed by atoms with Crippen LogP contribution in [0, 0.1) is 5.82 Å². The first-order valence-corrected chi connectivity index (χ1v) is 11.6. The minimum absolute atomic E-state index is 0.149. The first-order chi connectivity index (χ1) is 16.0. The van der Waals surface area contributed by atoms with Crippen molar-refractivity contribution in [3.8, 4) is 11.5 Å². The molecule has 1 unspecified atom stereocenters. The molecule has 1 aliphatic carbocycles. The van der Waals surface area contributed by atoms with Crippen molar-refractivity contribution >= 4 is 11.8 Å². The smallest absolute Gasteiger partial charge is 0.261 e. The highest BCUT2D eigenvalue weighted by atomic mass is 19.1. The van der Waals surface area contributed by atoms with E-state index in [-0.39, 0.29) is 36.8 Å². The lowest BCUT2D eigenvalue weighted by atomic mass is 9.95. The zero-order valence-electron chi connectivity index (χ0n) is 19.4. The van der Waals surface area contributed by atoms with Crippen molar-refractivity contribution in [2.24, 2.45) is 0 Å². The van der Waals surface area contributed by atoms with Crippen LogP contribution in [0.15, 0.2) is 48.5 Å². The molecule has 3 rings (SSSR count). The average molecular weight is 457 g/mol. The summed E-state index contributed by atoms with van der Waals surface area (Å²) in [6, 6.07) is 12.4. The predicted molar refractivity (Wildman–Crippen MR) is 125 cm³/mol. The number of nitrogens with one attached hydrogen (secondary N) is 1. The molecule has 0 bridgehead atoms. The maximum Gasteiger partial charge on any atom is 0.261 e. The molecule has 0 spiro atoms. The number of amides is 2. The van der Waals surface area contributed by atoms with Crippen molar-refractivity contribution in [2.45, 2.75) is 64.1 Å². The van der Waals surface area contributed by atoms with Gasteiger partial charge in [0, 0.05) is 12.6 Å². The van der Waals surface area contributed by atoms with Gasteiger partial charge in [0.2, 0.25) is 5.91 Å². The number of methoxy groups -OCH3 is 1. The predicted octanol–water partition coefficient (Wildman–Crippen LogP) is 4.47. The van der Waals surface area contributed by atoms with Crippen LogP contribution in [0.5, 0.6) is 11.5 Å². The van der Waals surface area contributed by atoms with Crippen LogP contribution in [0.3, 0.4) is 0 Å². The van der Waals surface area contributed by atoms with Gasteiger partial charge in [0.1, 0.15) is 23.4 Å². The van der Waals surface area contributed by atoms with Crippen LogP contribution in [0.2, 0.25) is 0 Å². The molecule has 1 N–H and O–H groups in total. The molecule has 6 nitrogen and oxygen atoms in total. The summed E-state index contributed by atoms with van der Waals surface area (Å²) >= 11 is 0. The molecule has 1 atom stereocenters. The van der Waals surface area contributed by atoms with Gasteiger partial charge in [0.25, 0.3) is 5.91 Å². The number of hydrogen-bond donors (Lipinski definition) is 1. The molecular formula is C26H33FN2O4. The summed E-state index contributed by atoms with van der Waals surface area (Å²) in [6.45, 7) is 1.88. The summed E-state index contributed by atoms with van der Waals surface area (Å²) < 4.78 is 24.2. The molecule has 1 fully saturated rings. The summed E-state index contributed by atoms with van der Waals surface area (Å²) in [5.74, 6) is 0.425. The number of carbonyl (C=O) groups is 2. The van der Waals surface area contributed by atoms with Crippen molar-refractivity contribution in [1.82, 2.24) is 10.2 Å². The van der Waals surface area contributed by atoms with Gasteiger partial charge >= 0.3 is 0 Å². The largest absolute Gasteiger partial charge is 0.497 e. The molecule has 178 valence electrons. The minimum atomic E-state index is -0.635. The summed E-state index contributed by atoms with van der Waals surface area (Å²) in [5, 5.41) is 3.14. The van der Waals surface area contributed by atoms with E-state index in [9.17, 15) is 14.0 Å². The Bertz CT molecular complexity index is 896. The topological polar surface area (TPSA) is 67.9 Å². The molecule has 0 aromatic heterocycles. The minimum Gasteiger partial charge on any atom is -0.497 e. The Morgan fingerprint density at radius 3 is 2.27 bits per heavy atom. The van der Waals surface area contributed by atoms with Crippen molar-refractivity contribution in [3.05, 3.63) is 59.9 Å². The van der Waals surface area contributed by atoms with Gasteiger partial charge in [-0.3, -0.25) is 9.59 Å². The van der Waals surface area contributed by atoms with Crippen molar-refractivity contribution < 1.29 is 23.5 Å². The molecule has 0 aliphatic heterocycles. The third-order valence-corrected chi connectivity index (χ3v) is 6.03. The van der Waals surface area contributed by atoms with Gasteiger partial charge < -0.3 is 19.7 Å². The highest BCUT2D eigenvalue weighted by Crippen LogP contribution is 2.20. The van der Waals surface area contributed by atoms with Gasteiger partial charge in [0.05, 0.1) is 7.11 Å². The van der Waals surface area contributed by atoms with Crippen LogP contribution in [-0.4, -0.2) is 42.5 Å². The lowest BCUT2D eigenvalue weighted by Crippen LogP contribution is -2.52. The van der Waals surface area contributed by atoms with Crippen molar-refractivity contribution in [1.29, 1.82) is 0 Å². The maximum absolute atomic E-state index is 13.4. The standard InChI is InChI=1S/C26H33FN2O4/c1-3-24(26(31)28-21-7-5-4-6-8-21)29(17-19-9-11-20(27)12-10-19)25(30)18-33-23-15-13-22(32-2)14-16-23/h9-16,21,24H,3-8,17-18H2,1-2H3,(H,28,31). The highest BCUT2D eigenvalue weighted by Gasteiger charge is 2.30. The first kappa shape index (κ1) is 24.6. The number of ether oxygens (including phenoxy) is 2. The molecule has 33 heavy (non-hydrogen) atoms. The van der Waals surface area contributed by atoms with Crippen LogP contribution in [-0.2, 0) is 16.1 Å². The Morgan fingerprint density at radius 1 is 1.03 bits per heavy atom. The van der Waals surface area contributed by atoms with E-state index in [2.05, 4.69) is 5.32 Å². The second-order valence-corrected chi connectivity index (χ2v) is 8.38. The fourth-order valence-electron chi connectivity index (χ4n) is 4.15. The molecule has 7 heteroatoms. The van der Waals surface area contributed by atoms with Crippen molar-refractivity contribution in [2.75, 3.05) is 13.7 Å². The summed E-state index contributed by atoms with van der Waals surface area (Å²) in [5.41, 5.74) is 0.748. The zero-order chi connectivity index (χ0) is 23.6. The van der Waals surface area contributed by atoms with E-state index in [0.29, 0.717) is 17.9 Å². The van der Waals surface area contributed by atoms with E-state index in [4.69, 9.17) is 9.47 Å². The average Bonchev–Trinajstić information content (AvgIpc) is 2.84. The third kappa shape index (κ3) is 7.20. The summed E-state index contributed by atoms with van der Waals surface area (Å²) in [6.07, 6.45) is 5.81. The Hall–Kier alpha value is -3.09. The Labute approximate surface area is 195 Å². The van der Waals surface area contributed by atoms with E-state index in [1.54, 1.807) is 43.5 Å². The van der Waals surface area contributed by atoms with Gasteiger partial charge in [-0.2, -0.15) is 0 Å². The first-order valence-electron chi connectivity index (χ1n) is 11.6. The van der Waals surface area contributed by atoms with E-state index in [0.717, 1.165) is 31.2 Å². The van der Waals surface area contributed by atoms with Crippen LogP contribution >= 0.6 is 0 Å². The molecule has 0 saturated heterocycles. The van der Waals surface area contributed by atoms with Crippen LogP contribution < -0.4 is 14.8 Å². The molecule has 2 aromatic rings. The van der Waals surface area contributed by atoms with Gasteiger partial charge in [-0.05, 0) is 61.2 Å². The second kappa shape index (κ2) is 12.2. The summed E-state index contributed by atoms with van der Waals surface area (Å²) in [4.78, 5) is 27.9. The SMILES string of the molecule is CCC(C(=O)NC1CCCCC1)N(Cc1ccc(F)cc1)C(=O)COc1ccc(OC)cc1. The Kier molecular flexibility index (Phi) is 9.10. The Morgan fingerprint density at radius 2 is 1.67 bits per heavy atom. The van der Waals surface area contributed by atoms with E-state index >= 15 is 0 Å². The monoisotopic (exact) mass is 456 g/mol. The van der Waals surface area contributed by atoms with Crippen LogP contribution in [0.25, 0.3) is 0 Å². The number of halogens is 1. The second-order valence-electron chi connectivity index (χ2n) is 8.38. The van der Waals surface area contributed by atoms with Crippen LogP contribution in [0.4, 0.5) is 4.39 Å². The molecule has 2 amide bonds. The quantitative estimate of drug-likeness (QED) is 0.573. The van der Waals surface area contributed by atoms with Gasteiger partial charge in [0.15, 0.2) is 6.61 Å². The van der Waals surface area contributed by atoms with Gasteiger partial charge in [-0.25, -0.2) is 4.39 Å². The van der Waals surface area contributed by atoms with Crippen molar-refractivity contribution in [3.63, 3.8) is 0 Å². The fourth-order valence-corrected chi connectivity index (χ4v) is 4.15. The number of hydrogen-bond acceptors (Lipinski definition) is 4. The zero-order valence-corrected chi connectivity index (χ0v) is 19.4. The number of nitrogens with zero attached hydrogens (tertiary/aromatic N) is 1. The number of benzene rings is 2. The third-order valence-electron chi connectivity index (χ3n) is 6.03. The molecular weight excluding hydrogens is 423 g/mol. The summed E-state index contributed by atoms with van der Waals surface area (Å²) in [7, 11) is 1.58. The lowest BCUT2D eigenvalue weighted by molar-refractivity contribution is -0.143. The fraction of sp³-hybridized carbons (Fsp3) is 0.462. The normalized spacial score (nSPS) is 14.9. The van der Waals surface area contributed by atoms with E-state index in [1.807, 2.05) is 6.92 Å². The number of rotatable bonds is 10. The maximum atomic E-state index is 13.4. The number of carbonyl (C=O) groups excluding carboxylic acids is 2.